The number of aliphatic hydroxyl groups is 1. The van der Waals surface area contributed by atoms with Crippen molar-refractivity contribution in [1.29, 1.82) is 0 Å². The number of benzene rings is 1. The molecule has 0 aliphatic carbocycles. The lowest BCUT2D eigenvalue weighted by molar-refractivity contribution is -0.0827. The number of amides is 1. The van der Waals surface area contributed by atoms with E-state index < -0.39 is 5.60 Å². The maximum atomic E-state index is 12.3. The zero-order valence-electron chi connectivity index (χ0n) is 11.5. The van der Waals surface area contributed by atoms with Crippen LogP contribution in [0.2, 0.25) is 0 Å². The number of carbonyl (C=O) groups excluding carboxylic acids is 1. The number of nitrogens with zero attached hydrogens (tertiary/aromatic N) is 1. The molecule has 1 saturated heterocycles. The number of rotatable bonds is 4. The minimum absolute atomic E-state index is 0.127. The van der Waals surface area contributed by atoms with Crippen LogP contribution >= 0.6 is 0 Å². The van der Waals surface area contributed by atoms with Gasteiger partial charge in [-0.2, -0.15) is 0 Å². The average Bonchev–Trinajstić information content (AvgIpc) is 2.42. The highest BCUT2D eigenvalue weighted by Gasteiger charge is 2.42. The minimum atomic E-state index is -0.727. The molecule has 1 aliphatic rings. The maximum Gasteiger partial charge on any atom is 0.257 e. The first kappa shape index (κ1) is 13.7. The topological polar surface area (TPSA) is 59.0 Å². The van der Waals surface area contributed by atoms with Crippen molar-refractivity contribution >= 4 is 5.91 Å². The molecule has 0 aromatic heterocycles. The van der Waals surface area contributed by atoms with Gasteiger partial charge in [0.2, 0.25) is 0 Å². The Morgan fingerprint density at radius 3 is 2.58 bits per heavy atom. The molecule has 0 saturated carbocycles. The van der Waals surface area contributed by atoms with Crippen molar-refractivity contribution in [2.75, 3.05) is 27.3 Å². The second-order valence-electron chi connectivity index (χ2n) is 4.81. The number of hydrogen-bond donors (Lipinski definition) is 1. The number of likely N-dealkylation sites (tertiary alicyclic amines) is 1. The summed E-state index contributed by atoms with van der Waals surface area (Å²) in [7, 11) is 3.08. The Labute approximate surface area is 112 Å². The summed E-state index contributed by atoms with van der Waals surface area (Å²) in [6.45, 7) is 2.66. The van der Waals surface area contributed by atoms with Crippen LogP contribution in [0.25, 0.3) is 0 Å². The molecule has 1 heterocycles. The molecule has 1 fully saturated rings. The smallest absolute Gasteiger partial charge is 0.257 e. The number of carbonyl (C=O) groups is 1. The predicted octanol–water partition coefficient (Wildman–Crippen LogP) is 1.30. The molecule has 1 aromatic carbocycles. The molecule has 1 N–H and O–H groups in total. The highest BCUT2D eigenvalue weighted by atomic mass is 16.5. The van der Waals surface area contributed by atoms with Crippen molar-refractivity contribution in [1.82, 2.24) is 4.90 Å². The van der Waals surface area contributed by atoms with Gasteiger partial charge in [-0.15, -0.1) is 0 Å². The molecule has 0 bridgehead atoms. The summed E-state index contributed by atoms with van der Waals surface area (Å²) in [5.74, 6) is 0.996. The van der Waals surface area contributed by atoms with E-state index in [1.807, 2.05) is 6.92 Å². The van der Waals surface area contributed by atoms with Gasteiger partial charge >= 0.3 is 0 Å². The summed E-state index contributed by atoms with van der Waals surface area (Å²) in [6, 6.07) is 5.09. The van der Waals surface area contributed by atoms with Crippen LogP contribution in [-0.2, 0) is 0 Å². The van der Waals surface area contributed by atoms with Gasteiger partial charge in [-0.3, -0.25) is 4.79 Å². The van der Waals surface area contributed by atoms with Crippen LogP contribution < -0.4 is 9.47 Å². The molecule has 104 valence electrons. The van der Waals surface area contributed by atoms with Gasteiger partial charge in [0.25, 0.3) is 5.91 Å². The van der Waals surface area contributed by atoms with Gasteiger partial charge in [0.1, 0.15) is 11.5 Å². The van der Waals surface area contributed by atoms with Crippen molar-refractivity contribution < 1.29 is 19.4 Å². The Bertz CT molecular complexity index is 480. The monoisotopic (exact) mass is 265 g/mol. The molecule has 19 heavy (non-hydrogen) atoms. The zero-order valence-corrected chi connectivity index (χ0v) is 11.5. The third kappa shape index (κ3) is 2.51. The van der Waals surface area contributed by atoms with Crippen LogP contribution in [0.15, 0.2) is 18.2 Å². The van der Waals surface area contributed by atoms with Crippen molar-refractivity contribution in [3.63, 3.8) is 0 Å². The molecule has 5 heteroatoms. The van der Waals surface area contributed by atoms with Crippen LogP contribution in [-0.4, -0.2) is 48.8 Å². The quantitative estimate of drug-likeness (QED) is 0.891. The number of β-amino-alcohol motifs (C(OH)–C–C–N with tert-alkyl or cyclic N) is 1. The fraction of sp³-hybridized carbons (Fsp3) is 0.500. The SMILES string of the molecule is CCC1(O)CN(C(=O)c2ccc(OC)cc2OC)C1. The largest absolute Gasteiger partial charge is 0.497 e. The first-order valence-electron chi connectivity index (χ1n) is 6.26. The minimum Gasteiger partial charge on any atom is -0.497 e. The van der Waals surface area contributed by atoms with Gasteiger partial charge in [0.15, 0.2) is 0 Å². The second kappa shape index (κ2) is 5.09. The van der Waals surface area contributed by atoms with Crippen LogP contribution in [0.5, 0.6) is 11.5 Å². The lowest BCUT2D eigenvalue weighted by Crippen LogP contribution is -2.63. The standard InChI is InChI=1S/C14H19NO4/c1-4-14(17)8-15(9-14)13(16)11-6-5-10(18-2)7-12(11)19-3/h5-7,17H,4,8-9H2,1-3H3. The molecule has 1 aliphatic heterocycles. The summed E-state index contributed by atoms with van der Waals surface area (Å²) >= 11 is 0. The molecular formula is C14H19NO4. The van der Waals surface area contributed by atoms with E-state index in [0.717, 1.165) is 0 Å². The molecule has 2 rings (SSSR count). The highest BCUT2D eigenvalue weighted by Crippen LogP contribution is 2.30. The van der Waals surface area contributed by atoms with E-state index in [-0.39, 0.29) is 5.91 Å². The normalized spacial score (nSPS) is 16.7. The van der Waals surface area contributed by atoms with Crippen LogP contribution in [0.4, 0.5) is 0 Å². The summed E-state index contributed by atoms with van der Waals surface area (Å²) < 4.78 is 10.3. The van der Waals surface area contributed by atoms with E-state index in [1.165, 1.54) is 7.11 Å². The first-order valence-corrected chi connectivity index (χ1v) is 6.26. The summed E-state index contributed by atoms with van der Waals surface area (Å²) in [5.41, 5.74) is -0.239. The van der Waals surface area contributed by atoms with E-state index in [1.54, 1.807) is 30.2 Å². The first-order chi connectivity index (χ1) is 9.03. The average molecular weight is 265 g/mol. The second-order valence-corrected chi connectivity index (χ2v) is 4.81. The molecule has 0 radical (unpaired) electrons. The van der Waals surface area contributed by atoms with Crippen LogP contribution in [0.3, 0.4) is 0 Å². The predicted molar refractivity (Wildman–Crippen MR) is 70.7 cm³/mol. The van der Waals surface area contributed by atoms with Gasteiger partial charge in [0, 0.05) is 6.07 Å². The van der Waals surface area contributed by atoms with Crippen LogP contribution in [0.1, 0.15) is 23.7 Å². The lowest BCUT2D eigenvalue weighted by Gasteiger charge is -2.46. The van der Waals surface area contributed by atoms with Crippen LogP contribution in [0, 0.1) is 0 Å². The Balaban J connectivity index is 2.16. The van der Waals surface area contributed by atoms with Crippen molar-refractivity contribution in [3.8, 4) is 11.5 Å². The van der Waals surface area contributed by atoms with Gasteiger partial charge in [-0.05, 0) is 18.6 Å². The summed E-state index contributed by atoms with van der Waals surface area (Å²) in [6.07, 6.45) is 0.649. The molecule has 0 atom stereocenters. The van der Waals surface area contributed by atoms with Gasteiger partial charge < -0.3 is 19.5 Å². The molecule has 1 amide bonds. The number of ether oxygens (including phenoxy) is 2. The van der Waals surface area contributed by atoms with E-state index >= 15 is 0 Å². The van der Waals surface area contributed by atoms with Crippen molar-refractivity contribution in [2.45, 2.75) is 18.9 Å². The Morgan fingerprint density at radius 2 is 2.05 bits per heavy atom. The molecule has 1 aromatic rings. The molecular weight excluding hydrogens is 246 g/mol. The number of methoxy groups -OCH3 is 2. The third-order valence-corrected chi connectivity index (χ3v) is 3.55. The van der Waals surface area contributed by atoms with Crippen molar-refractivity contribution in [3.05, 3.63) is 23.8 Å². The Kier molecular flexibility index (Phi) is 3.66. The summed E-state index contributed by atoms with van der Waals surface area (Å²) in [4.78, 5) is 13.9. The summed E-state index contributed by atoms with van der Waals surface area (Å²) in [5, 5.41) is 9.95. The van der Waals surface area contributed by atoms with E-state index in [9.17, 15) is 9.90 Å². The number of hydrogen-bond acceptors (Lipinski definition) is 4. The fourth-order valence-corrected chi connectivity index (χ4v) is 2.18. The van der Waals surface area contributed by atoms with Gasteiger partial charge in [0.05, 0.1) is 38.5 Å². The third-order valence-electron chi connectivity index (χ3n) is 3.55. The van der Waals surface area contributed by atoms with E-state index in [4.69, 9.17) is 9.47 Å². The Hall–Kier alpha value is -1.75. The van der Waals surface area contributed by atoms with E-state index in [0.29, 0.717) is 36.6 Å². The van der Waals surface area contributed by atoms with Gasteiger partial charge in [-0.25, -0.2) is 0 Å². The lowest BCUT2D eigenvalue weighted by atomic mass is 9.90. The molecule has 0 spiro atoms. The Morgan fingerprint density at radius 1 is 1.37 bits per heavy atom. The van der Waals surface area contributed by atoms with E-state index in [2.05, 4.69) is 0 Å². The zero-order chi connectivity index (χ0) is 14.0. The maximum absolute atomic E-state index is 12.3. The van der Waals surface area contributed by atoms with Crippen molar-refractivity contribution in [2.24, 2.45) is 0 Å². The molecule has 0 unspecified atom stereocenters. The highest BCUT2D eigenvalue weighted by molar-refractivity contribution is 5.97. The molecule has 5 nitrogen and oxygen atoms in total. The van der Waals surface area contributed by atoms with Gasteiger partial charge in [-0.1, -0.05) is 6.92 Å². The fourth-order valence-electron chi connectivity index (χ4n) is 2.18.